The second-order valence-electron chi connectivity index (χ2n) is 4.77. The van der Waals surface area contributed by atoms with E-state index < -0.39 is 0 Å². The molecule has 1 aliphatic rings. The van der Waals surface area contributed by atoms with E-state index in [0.29, 0.717) is 11.7 Å². The van der Waals surface area contributed by atoms with E-state index in [9.17, 15) is 4.79 Å². The molecule has 5 nitrogen and oxygen atoms in total. The molecule has 0 saturated heterocycles. The van der Waals surface area contributed by atoms with Gasteiger partial charge in [0.15, 0.2) is 0 Å². The van der Waals surface area contributed by atoms with Gasteiger partial charge in [-0.05, 0) is 19.3 Å². The molecule has 20 heavy (non-hydrogen) atoms. The van der Waals surface area contributed by atoms with Gasteiger partial charge in [0.1, 0.15) is 10.8 Å². The van der Waals surface area contributed by atoms with Gasteiger partial charge in [0.2, 0.25) is 5.13 Å². The minimum absolute atomic E-state index is 0.0975. The quantitative estimate of drug-likeness (QED) is 0.874. The number of nitrogens with one attached hydrogen (secondary N) is 1. The molecule has 0 saturated carbocycles. The van der Waals surface area contributed by atoms with Gasteiger partial charge >= 0.3 is 0 Å². The first kappa shape index (κ1) is 15.0. The number of carbonyl (C=O) groups excluding carboxylic acids is 1. The maximum atomic E-state index is 12.3. The molecule has 6 heteroatoms. The molecule has 110 valence electrons. The van der Waals surface area contributed by atoms with Crippen molar-refractivity contribution >= 4 is 22.4 Å². The number of hydrogen-bond donors (Lipinski definition) is 1. The number of carbonyl (C=O) groups is 1. The predicted molar refractivity (Wildman–Crippen MR) is 79.7 cm³/mol. The Hall–Kier alpha value is -1.43. The van der Waals surface area contributed by atoms with Gasteiger partial charge in [-0.25, -0.2) is 0 Å². The van der Waals surface area contributed by atoms with Crippen LogP contribution in [0.4, 0.5) is 5.13 Å². The van der Waals surface area contributed by atoms with Gasteiger partial charge in [-0.15, -0.1) is 10.2 Å². The van der Waals surface area contributed by atoms with E-state index in [2.05, 4.69) is 22.4 Å². The van der Waals surface area contributed by atoms with Crippen LogP contribution in [0.2, 0.25) is 0 Å². The Morgan fingerprint density at radius 3 is 3.00 bits per heavy atom. The van der Waals surface area contributed by atoms with Crippen molar-refractivity contribution in [2.45, 2.75) is 52.4 Å². The van der Waals surface area contributed by atoms with E-state index >= 15 is 0 Å². The summed E-state index contributed by atoms with van der Waals surface area (Å²) in [7, 11) is 0. The van der Waals surface area contributed by atoms with Crippen LogP contribution >= 0.6 is 11.3 Å². The summed E-state index contributed by atoms with van der Waals surface area (Å²) in [6.45, 7) is 4.85. The van der Waals surface area contributed by atoms with Crippen molar-refractivity contribution in [2.75, 3.05) is 11.9 Å². The summed E-state index contributed by atoms with van der Waals surface area (Å²) in [4.78, 5) is 12.3. The van der Waals surface area contributed by atoms with Gasteiger partial charge in [0.05, 0.1) is 12.2 Å². The molecule has 1 amide bonds. The van der Waals surface area contributed by atoms with Crippen LogP contribution in [0, 0.1) is 0 Å². The highest BCUT2D eigenvalue weighted by atomic mass is 32.1. The van der Waals surface area contributed by atoms with Crippen LogP contribution in [0.25, 0.3) is 0 Å². The van der Waals surface area contributed by atoms with Crippen LogP contribution in [0.15, 0.2) is 11.3 Å². The Balaban J connectivity index is 2.00. The van der Waals surface area contributed by atoms with E-state index in [1.165, 1.54) is 11.3 Å². The molecule has 0 atom stereocenters. The van der Waals surface area contributed by atoms with E-state index in [1.807, 2.05) is 6.92 Å². The lowest BCUT2D eigenvalue weighted by molar-refractivity contribution is -0.113. The summed E-state index contributed by atoms with van der Waals surface area (Å²) in [5, 5.41) is 12.5. The molecule has 0 aliphatic carbocycles. The maximum absolute atomic E-state index is 12.3. The van der Waals surface area contributed by atoms with Gasteiger partial charge < -0.3 is 4.74 Å². The lowest BCUT2D eigenvalue weighted by Gasteiger charge is -2.19. The van der Waals surface area contributed by atoms with Gasteiger partial charge in [-0.3, -0.25) is 10.1 Å². The molecule has 0 radical (unpaired) electrons. The molecule has 0 unspecified atom stereocenters. The van der Waals surface area contributed by atoms with Gasteiger partial charge in [-0.1, -0.05) is 31.6 Å². The Bertz CT molecular complexity index is 496. The lowest BCUT2D eigenvalue weighted by atomic mass is 10.0. The number of ether oxygens (including phenoxy) is 1. The molecular formula is C14H21N3O2S. The normalized spacial score (nSPS) is 15.1. The van der Waals surface area contributed by atoms with Crippen LogP contribution in [-0.4, -0.2) is 22.7 Å². The van der Waals surface area contributed by atoms with Crippen molar-refractivity contribution in [3.8, 4) is 0 Å². The minimum atomic E-state index is -0.0975. The number of allylic oxidation sites excluding steroid dienone is 1. The first-order valence-corrected chi connectivity index (χ1v) is 8.04. The summed E-state index contributed by atoms with van der Waals surface area (Å²) < 4.78 is 5.54. The second kappa shape index (κ2) is 7.38. The molecular weight excluding hydrogens is 274 g/mol. The maximum Gasteiger partial charge on any atom is 0.256 e. The van der Waals surface area contributed by atoms with Gasteiger partial charge in [-0.2, -0.15) is 0 Å². The number of aryl methyl sites for hydroxylation is 1. The molecule has 0 fully saturated rings. The summed E-state index contributed by atoms with van der Waals surface area (Å²) in [5.74, 6) is 0.712. The molecule has 2 heterocycles. The summed E-state index contributed by atoms with van der Waals surface area (Å²) in [6.07, 6.45) is 5.57. The predicted octanol–water partition coefficient (Wildman–Crippen LogP) is 3.29. The van der Waals surface area contributed by atoms with E-state index in [1.54, 1.807) is 0 Å². The Labute approximate surface area is 123 Å². The fraction of sp³-hybridized carbons (Fsp3) is 0.643. The number of aromatic nitrogens is 2. The molecule has 1 N–H and O–H groups in total. The number of hydrogen-bond acceptors (Lipinski definition) is 5. The second-order valence-corrected chi connectivity index (χ2v) is 5.83. The molecule has 0 spiro atoms. The average Bonchev–Trinajstić information content (AvgIpc) is 2.92. The zero-order chi connectivity index (χ0) is 14.4. The third-order valence-electron chi connectivity index (χ3n) is 3.21. The number of amides is 1. The third kappa shape index (κ3) is 3.79. The molecule has 1 aliphatic heterocycles. The summed E-state index contributed by atoms with van der Waals surface area (Å²) >= 11 is 1.46. The monoisotopic (exact) mass is 295 g/mol. The largest absolute Gasteiger partial charge is 0.497 e. The molecule has 0 bridgehead atoms. The van der Waals surface area contributed by atoms with Crippen LogP contribution < -0.4 is 5.32 Å². The molecule has 0 aromatic carbocycles. The Morgan fingerprint density at radius 2 is 2.25 bits per heavy atom. The topological polar surface area (TPSA) is 64.1 Å². The number of rotatable bonds is 6. The smallest absolute Gasteiger partial charge is 0.256 e. The van der Waals surface area contributed by atoms with Crippen molar-refractivity contribution in [1.29, 1.82) is 0 Å². The van der Waals surface area contributed by atoms with Crippen LogP contribution in [-0.2, 0) is 16.0 Å². The number of unbranched alkanes of at least 4 members (excludes halogenated alkanes) is 1. The van der Waals surface area contributed by atoms with Crippen molar-refractivity contribution in [3.05, 3.63) is 16.3 Å². The van der Waals surface area contributed by atoms with Crippen molar-refractivity contribution < 1.29 is 9.53 Å². The van der Waals surface area contributed by atoms with E-state index in [4.69, 9.17) is 4.74 Å². The zero-order valence-corrected chi connectivity index (χ0v) is 12.9. The summed E-state index contributed by atoms with van der Waals surface area (Å²) in [5.41, 5.74) is 0.754. The SMILES string of the molecule is CCCCc1nnc(NC(=O)C2=C(CC)OCCC2)s1. The van der Waals surface area contributed by atoms with Crippen molar-refractivity contribution in [2.24, 2.45) is 0 Å². The molecule has 1 aromatic heterocycles. The first-order valence-electron chi connectivity index (χ1n) is 7.23. The highest BCUT2D eigenvalue weighted by Gasteiger charge is 2.20. The zero-order valence-electron chi connectivity index (χ0n) is 12.1. The molecule has 2 rings (SSSR count). The lowest BCUT2D eigenvalue weighted by Crippen LogP contribution is -2.20. The average molecular weight is 295 g/mol. The molecule has 1 aromatic rings. The third-order valence-corrected chi connectivity index (χ3v) is 4.11. The minimum Gasteiger partial charge on any atom is -0.497 e. The van der Waals surface area contributed by atoms with Crippen LogP contribution in [0.5, 0.6) is 0 Å². The highest BCUT2D eigenvalue weighted by molar-refractivity contribution is 7.15. The van der Waals surface area contributed by atoms with Crippen LogP contribution in [0.1, 0.15) is 51.0 Å². The van der Waals surface area contributed by atoms with Gasteiger partial charge in [0.25, 0.3) is 5.91 Å². The standard InChI is InChI=1S/C14H21N3O2S/c1-3-5-8-12-16-17-14(20-12)15-13(18)10-7-6-9-19-11(10)4-2/h3-9H2,1-2H3,(H,15,17,18). The highest BCUT2D eigenvalue weighted by Crippen LogP contribution is 2.24. The van der Waals surface area contributed by atoms with Crippen molar-refractivity contribution in [1.82, 2.24) is 10.2 Å². The fourth-order valence-corrected chi connectivity index (χ4v) is 2.91. The fourth-order valence-electron chi connectivity index (χ4n) is 2.13. The van der Waals surface area contributed by atoms with Crippen molar-refractivity contribution in [3.63, 3.8) is 0 Å². The number of anilines is 1. The van der Waals surface area contributed by atoms with Gasteiger partial charge in [0, 0.05) is 12.8 Å². The van der Waals surface area contributed by atoms with Crippen LogP contribution in [0.3, 0.4) is 0 Å². The van der Waals surface area contributed by atoms with E-state index in [-0.39, 0.29) is 5.91 Å². The number of nitrogens with zero attached hydrogens (tertiary/aromatic N) is 2. The van der Waals surface area contributed by atoms with E-state index in [0.717, 1.165) is 54.9 Å². The first-order chi connectivity index (χ1) is 9.74. The Morgan fingerprint density at radius 1 is 1.40 bits per heavy atom. The summed E-state index contributed by atoms with van der Waals surface area (Å²) in [6, 6.07) is 0. The Kier molecular flexibility index (Phi) is 5.52.